The molecule has 0 radical (unpaired) electrons. The minimum Gasteiger partial charge on any atom is -0.381 e. The van der Waals surface area contributed by atoms with Crippen molar-refractivity contribution in [2.45, 2.75) is 26.4 Å². The molecule has 0 aliphatic carbocycles. The second-order valence-electron chi connectivity index (χ2n) is 3.55. The van der Waals surface area contributed by atoms with E-state index in [1.165, 1.54) is 13.8 Å². The van der Waals surface area contributed by atoms with Crippen molar-refractivity contribution < 1.29 is 18.3 Å². The van der Waals surface area contributed by atoms with Crippen molar-refractivity contribution in [2.75, 3.05) is 18.1 Å². The zero-order chi connectivity index (χ0) is 11.4. The molecule has 0 saturated carbocycles. The normalized spacial score (nSPS) is 12.6. The molecular formula is C8H17NO4S. The fraction of sp³-hybridized carbons (Fsp3) is 0.875. The first kappa shape index (κ1) is 13.4. The number of amides is 1. The monoisotopic (exact) mass is 223 g/mol. The molecule has 0 unspecified atom stereocenters. The third-order valence-corrected chi connectivity index (χ3v) is 3.40. The van der Waals surface area contributed by atoms with Crippen LogP contribution in [0.4, 0.5) is 0 Å². The van der Waals surface area contributed by atoms with Gasteiger partial charge in [0.05, 0.1) is 5.75 Å². The van der Waals surface area contributed by atoms with E-state index in [2.05, 4.69) is 5.32 Å². The SMILES string of the molecule is CCS(=O)(=O)CCNC(=O)C(C)(C)O. The molecule has 0 aliphatic heterocycles. The van der Waals surface area contributed by atoms with Gasteiger partial charge in [-0.25, -0.2) is 8.42 Å². The van der Waals surface area contributed by atoms with Gasteiger partial charge in [-0.2, -0.15) is 0 Å². The van der Waals surface area contributed by atoms with Crippen molar-refractivity contribution in [3.63, 3.8) is 0 Å². The number of sulfone groups is 1. The van der Waals surface area contributed by atoms with Gasteiger partial charge >= 0.3 is 0 Å². The van der Waals surface area contributed by atoms with Crippen molar-refractivity contribution in [3.8, 4) is 0 Å². The van der Waals surface area contributed by atoms with Gasteiger partial charge < -0.3 is 10.4 Å². The molecule has 0 atom stereocenters. The molecule has 5 nitrogen and oxygen atoms in total. The molecule has 0 aromatic rings. The van der Waals surface area contributed by atoms with Crippen LogP contribution in [-0.4, -0.2) is 43.1 Å². The Kier molecular flexibility index (Phi) is 4.54. The number of rotatable bonds is 5. The summed E-state index contributed by atoms with van der Waals surface area (Å²) >= 11 is 0. The lowest BCUT2D eigenvalue weighted by Crippen LogP contribution is -2.43. The minimum atomic E-state index is -3.06. The standard InChI is InChI=1S/C8H17NO4S/c1-4-14(12,13)6-5-9-7(10)8(2,3)11/h11H,4-6H2,1-3H3,(H,9,10). The second-order valence-corrected chi connectivity index (χ2v) is 6.02. The van der Waals surface area contributed by atoms with Gasteiger partial charge in [0, 0.05) is 12.3 Å². The van der Waals surface area contributed by atoms with Gasteiger partial charge in [-0.05, 0) is 13.8 Å². The third-order valence-electron chi connectivity index (χ3n) is 1.69. The van der Waals surface area contributed by atoms with Crippen LogP contribution in [0.2, 0.25) is 0 Å². The molecule has 14 heavy (non-hydrogen) atoms. The van der Waals surface area contributed by atoms with Crippen LogP contribution >= 0.6 is 0 Å². The molecule has 0 rings (SSSR count). The lowest BCUT2D eigenvalue weighted by atomic mass is 10.1. The van der Waals surface area contributed by atoms with Crippen LogP contribution in [0.5, 0.6) is 0 Å². The lowest BCUT2D eigenvalue weighted by Gasteiger charge is -2.16. The van der Waals surface area contributed by atoms with E-state index >= 15 is 0 Å². The topological polar surface area (TPSA) is 83.5 Å². The predicted molar refractivity (Wildman–Crippen MR) is 53.6 cm³/mol. The minimum absolute atomic E-state index is 0.0407. The van der Waals surface area contributed by atoms with Gasteiger partial charge in [0.2, 0.25) is 0 Å². The van der Waals surface area contributed by atoms with Crippen LogP contribution < -0.4 is 5.32 Å². The smallest absolute Gasteiger partial charge is 0.251 e. The highest BCUT2D eigenvalue weighted by Crippen LogP contribution is 1.99. The molecule has 6 heteroatoms. The van der Waals surface area contributed by atoms with Gasteiger partial charge in [-0.3, -0.25) is 4.79 Å². The summed E-state index contributed by atoms with van der Waals surface area (Å²) in [6, 6.07) is 0. The molecule has 0 saturated heterocycles. The van der Waals surface area contributed by atoms with Crippen LogP contribution in [0.25, 0.3) is 0 Å². The highest BCUT2D eigenvalue weighted by Gasteiger charge is 2.23. The lowest BCUT2D eigenvalue weighted by molar-refractivity contribution is -0.136. The molecule has 0 bridgehead atoms. The maximum Gasteiger partial charge on any atom is 0.251 e. The van der Waals surface area contributed by atoms with Gasteiger partial charge in [0.25, 0.3) is 5.91 Å². The molecule has 0 aromatic carbocycles. The third kappa shape index (κ3) is 5.18. The highest BCUT2D eigenvalue weighted by molar-refractivity contribution is 7.91. The summed E-state index contributed by atoms with van der Waals surface area (Å²) in [5, 5.41) is 11.6. The first-order chi connectivity index (χ1) is 6.19. The number of hydrogen-bond acceptors (Lipinski definition) is 4. The molecule has 2 N–H and O–H groups in total. The number of nitrogens with one attached hydrogen (secondary N) is 1. The predicted octanol–water partition coefficient (Wildman–Crippen LogP) is -0.692. The number of hydrogen-bond donors (Lipinski definition) is 2. The Bertz CT molecular complexity index is 289. The highest BCUT2D eigenvalue weighted by atomic mass is 32.2. The zero-order valence-electron chi connectivity index (χ0n) is 8.70. The molecule has 0 aliphatic rings. The van der Waals surface area contributed by atoms with Crippen LogP contribution in [-0.2, 0) is 14.6 Å². The largest absolute Gasteiger partial charge is 0.381 e. The Balaban J connectivity index is 3.94. The summed E-state index contributed by atoms with van der Waals surface area (Å²) in [5.41, 5.74) is -1.46. The molecule has 1 amide bonds. The van der Waals surface area contributed by atoms with E-state index in [4.69, 9.17) is 0 Å². The molecule has 0 fully saturated rings. The van der Waals surface area contributed by atoms with E-state index in [9.17, 15) is 18.3 Å². The average Bonchev–Trinajstić information content (AvgIpc) is 2.02. The first-order valence-corrected chi connectivity index (χ1v) is 6.22. The van der Waals surface area contributed by atoms with Crippen molar-refractivity contribution in [1.82, 2.24) is 5.32 Å². The van der Waals surface area contributed by atoms with E-state index in [0.717, 1.165) is 0 Å². The van der Waals surface area contributed by atoms with Gasteiger partial charge in [-0.15, -0.1) is 0 Å². The summed E-state index contributed by atoms with van der Waals surface area (Å²) in [5.74, 6) is -0.597. The maximum atomic E-state index is 11.1. The van der Waals surface area contributed by atoms with Gasteiger partial charge in [0.15, 0.2) is 9.84 Å². The summed E-state index contributed by atoms with van der Waals surface area (Å²) in [4.78, 5) is 11.1. The zero-order valence-corrected chi connectivity index (χ0v) is 9.52. The van der Waals surface area contributed by atoms with Crippen molar-refractivity contribution in [2.24, 2.45) is 0 Å². The molecule has 84 valence electrons. The summed E-state index contributed by atoms with van der Waals surface area (Å²) in [6.45, 7) is 4.28. The Labute approximate surface area is 84.4 Å². The van der Waals surface area contributed by atoms with E-state index < -0.39 is 21.3 Å². The van der Waals surface area contributed by atoms with Crippen LogP contribution in [0, 0.1) is 0 Å². The molecular weight excluding hydrogens is 206 g/mol. The molecule has 0 aromatic heterocycles. The van der Waals surface area contributed by atoms with E-state index in [1.54, 1.807) is 6.92 Å². The fourth-order valence-corrected chi connectivity index (χ4v) is 1.38. The maximum absolute atomic E-state index is 11.1. The second kappa shape index (κ2) is 4.75. The summed E-state index contributed by atoms with van der Waals surface area (Å²) in [7, 11) is -3.06. The Morgan fingerprint density at radius 2 is 1.93 bits per heavy atom. The van der Waals surface area contributed by atoms with Crippen LogP contribution in [0.1, 0.15) is 20.8 Å². The Morgan fingerprint density at radius 3 is 2.29 bits per heavy atom. The first-order valence-electron chi connectivity index (χ1n) is 4.40. The van der Waals surface area contributed by atoms with Crippen molar-refractivity contribution in [1.29, 1.82) is 0 Å². The quantitative estimate of drug-likeness (QED) is 0.646. The van der Waals surface area contributed by atoms with Crippen molar-refractivity contribution in [3.05, 3.63) is 0 Å². The van der Waals surface area contributed by atoms with Crippen molar-refractivity contribution >= 4 is 15.7 Å². The van der Waals surface area contributed by atoms with E-state index in [-0.39, 0.29) is 18.1 Å². The summed E-state index contributed by atoms with van der Waals surface area (Å²) < 4.78 is 22.0. The number of carbonyl (C=O) groups is 1. The number of carbonyl (C=O) groups excluding carboxylic acids is 1. The molecule has 0 heterocycles. The Morgan fingerprint density at radius 1 is 1.43 bits per heavy atom. The van der Waals surface area contributed by atoms with Crippen LogP contribution in [0.3, 0.4) is 0 Å². The van der Waals surface area contributed by atoms with Crippen LogP contribution in [0.15, 0.2) is 0 Å². The van der Waals surface area contributed by atoms with Gasteiger partial charge in [0.1, 0.15) is 5.60 Å². The Hall–Kier alpha value is -0.620. The summed E-state index contributed by atoms with van der Waals surface area (Å²) in [6.07, 6.45) is 0. The molecule has 0 spiro atoms. The van der Waals surface area contributed by atoms with Gasteiger partial charge in [-0.1, -0.05) is 6.92 Å². The average molecular weight is 223 g/mol. The number of aliphatic hydroxyl groups is 1. The van der Waals surface area contributed by atoms with E-state index in [1.807, 2.05) is 0 Å². The van der Waals surface area contributed by atoms with E-state index in [0.29, 0.717) is 0 Å². The fourth-order valence-electron chi connectivity index (χ4n) is 0.681.